The molecule has 0 aliphatic carbocycles. The van der Waals surface area contributed by atoms with E-state index in [9.17, 15) is 4.79 Å². The predicted octanol–water partition coefficient (Wildman–Crippen LogP) is 5.97. The van der Waals surface area contributed by atoms with Gasteiger partial charge in [0.1, 0.15) is 5.52 Å². The van der Waals surface area contributed by atoms with Gasteiger partial charge in [-0.3, -0.25) is 0 Å². The maximum atomic E-state index is 12.8. The van der Waals surface area contributed by atoms with Gasteiger partial charge < -0.3 is 14.6 Å². The van der Waals surface area contributed by atoms with E-state index in [1.54, 1.807) is 11.3 Å². The molecule has 0 saturated carbocycles. The normalized spacial score (nSPS) is 15.4. The maximum absolute atomic E-state index is 12.8. The lowest BCUT2D eigenvalue weighted by Crippen LogP contribution is -2.40. The van der Waals surface area contributed by atoms with Crippen LogP contribution in [0.4, 0.5) is 10.5 Å². The number of piperidine rings is 1. The number of likely N-dealkylation sites (tertiary alicyclic amines) is 1. The summed E-state index contributed by atoms with van der Waals surface area (Å²) in [5.41, 5.74) is 3.52. The van der Waals surface area contributed by atoms with Crippen LogP contribution in [0.25, 0.3) is 21.3 Å². The molecule has 2 aromatic heterocycles. The summed E-state index contributed by atoms with van der Waals surface area (Å²) in [5.74, 6) is 1.44. The first-order chi connectivity index (χ1) is 14.6. The minimum atomic E-state index is -0.0565. The quantitative estimate of drug-likeness (QED) is 0.443. The molecule has 4 aromatic rings. The standard InChI is InChI=1S/C23H24N4O2S/c1-14(2)22-26-18-8-7-16(13-20(18)30-22)24-23(28)27-11-9-15(10-12-27)21-25-17-5-3-4-6-19(17)29-21/h3-8,13-15H,9-12H2,1-2H3,(H,24,28). The number of hydrogen-bond donors (Lipinski definition) is 1. The largest absolute Gasteiger partial charge is 0.440 e. The highest BCUT2D eigenvalue weighted by atomic mass is 32.1. The van der Waals surface area contributed by atoms with Crippen LogP contribution in [0, 0.1) is 0 Å². The number of urea groups is 1. The van der Waals surface area contributed by atoms with Crippen LogP contribution in [0.5, 0.6) is 0 Å². The van der Waals surface area contributed by atoms with Crippen molar-refractivity contribution in [1.82, 2.24) is 14.9 Å². The first-order valence-electron chi connectivity index (χ1n) is 10.4. The first kappa shape index (κ1) is 19.1. The highest BCUT2D eigenvalue weighted by Crippen LogP contribution is 2.31. The molecule has 30 heavy (non-hydrogen) atoms. The zero-order chi connectivity index (χ0) is 20.7. The Morgan fingerprint density at radius 2 is 1.93 bits per heavy atom. The van der Waals surface area contributed by atoms with Crippen LogP contribution in [-0.4, -0.2) is 34.0 Å². The molecule has 1 N–H and O–H groups in total. The Balaban J connectivity index is 1.23. The average Bonchev–Trinajstić information content (AvgIpc) is 3.38. The Bertz CT molecular complexity index is 1170. The van der Waals surface area contributed by atoms with Gasteiger partial charge in [0.25, 0.3) is 0 Å². The van der Waals surface area contributed by atoms with Gasteiger partial charge in [-0.25, -0.2) is 14.8 Å². The number of carbonyl (C=O) groups excluding carboxylic acids is 1. The van der Waals surface area contributed by atoms with Gasteiger partial charge in [-0.2, -0.15) is 0 Å². The molecule has 154 valence electrons. The number of benzene rings is 2. The minimum Gasteiger partial charge on any atom is -0.440 e. The smallest absolute Gasteiger partial charge is 0.321 e. The fraction of sp³-hybridized carbons (Fsp3) is 0.348. The summed E-state index contributed by atoms with van der Waals surface area (Å²) in [5, 5.41) is 4.17. The second-order valence-electron chi connectivity index (χ2n) is 8.10. The molecule has 6 nitrogen and oxygen atoms in total. The first-order valence-corrected chi connectivity index (χ1v) is 11.2. The second kappa shape index (κ2) is 7.72. The lowest BCUT2D eigenvalue weighted by molar-refractivity contribution is 0.190. The molecule has 1 aliphatic heterocycles. The molecule has 3 heterocycles. The summed E-state index contributed by atoms with van der Waals surface area (Å²) in [6.07, 6.45) is 1.71. The molecule has 1 fully saturated rings. The van der Waals surface area contributed by atoms with Crippen molar-refractivity contribution in [2.45, 2.75) is 38.5 Å². The minimum absolute atomic E-state index is 0.0565. The van der Waals surface area contributed by atoms with Crippen molar-refractivity contribution < 1.29 is 9.21 Å². The van der Waals surface area contributed by atoms with Crippen LogP contribution in [0.1, 0.15) is 49.4 Å². The van der Waals surface area contributed by atoms with Crippen LogP contribution in [0.15, 0.2) is 46.9 Å². The van der Waals surface area contributed by atoms with E-state index in [2.05, 4.69) is 29.1 Å². The molecule has 0 unspecified atom stereocenters. The van der Waals surface area contributed by atoms with Gasteiger partial charge in [-0.05, 0) is 43.2 Å². The molecule has 0 spiro atoms. The lowest BCUT2D eigenvalue weighted by Gasteiger charge is -2.30. The second-order valence-corrected chi connectivity index (χ2v) is 9.16. The molecule has 2 amide bonds. The highest BCUT2D eigenvalue weighted by molar-refractivity contribution is 7.18. The number of fused-ring (bicyclic) bond motifs is 2. The van der Waals surface area contributed by atoms with E-state index in [1.165, 1.54) is 0 Å². The summed E-state index contributed by atoms with van der Waals surface area (Å²) in [4.78, 5) is 23.9. The van der Waals surface area contributed by atoms with Crippen molar-refractivity contribution in [3.05, 3.63) is 53.4 Å². The van der Waals surface area contributed by atoms with Crippen LogP contribution >= 0.6 is 11.3 Å². The van der Waals surface area contributed by atoms with E-state index in [0.29, 0.717) is 19.0 Å². The van der Waals surface area contributed by atoms with Crippen molar-refractivity contribution in [3.8, 4) is 0 Å². The Hall–Kier alpha value is -2.93. The molecule has 0 atom stereocenters. The van der Waals surface area contributed by atoms with Crippen molar-refractivity contribution in [2.75, 3.05) is 18.4 Å². The van der Waals surface area contributed by atoms with Gasteiger partial charge in [0, 0.05) is 30.6 Å². The van der Waals surface area contributed by atoms with Crippen LogP contribution in [0.2, 0.25) is 0 Å². The van der Waals surface area contributed by atoms with Crippen molar-refractivity contribution in [1.29, 1.82) is 0 Å². The zero-order valence-electron chi connectivity index (χ0n) is 17.1. The lowest BCUT2D eigenvalue weighted by atomic mass is 9.97. The third-order valence-corrected chi connectivity index (χ3v) is 6.91. The highest BCUT2D eigenvalue weighted by Gasteiger charge is 2.27. The number of rotatable bonds is 3. The Morgan fingerprint density at radius 3 is 2.70 bits per heavy atom. The summed E-state index contributed by atoms with van der Waals surface area (Å²) >= 11 is 1.69. The van der Waals surface area contributed by atoms with E-state index in [1.807, 2.05) is 47.4 Å². The number of nitrogens with zero attached hydrogens (tertiary/aromatic N) is 3. The van der Waals surface area contributed by atoms with Gasteiger partial charge >= 0.3 is 6.03 Å². The van der Waals surface area contributed by atoms with Gasteiger partial charge in [0.05, 0.1) is 15.2 Å². The van der Waals surface area contributed by atoms with Gasteiger partial charge in [-0.1, -0.05) is 26.0 Å². The number of anilines is 1. The zero-order valence-corrected chi connectivity index (χ0v) is 17.9. The Labute approximate surface area is 178 Å². The Kier molecular flexibility index (Phi) is 4.90. The monoisotopic (exact) mass is 420 g/mol. The summed E-state index contributed by atoms with van der Waals surface area (Å²) < 4.78 is 7.03. The number of thiazole rings is 1. The molecule has 7 heteroatoms. The topological polar surface area (TPSA) is 71.3 Å². The number of oxazole rings is 1. The van der Waals surface area contributed by atoms with Crippen molar-refractivity contribution in [3.63, 3.8) is 0 Å². The average molecular weight is 421 g/mol. The fourth-order valence-corrected chi connectivity index (χ4v) is 4.87. The summed E-state index contributed by atoms with van der Waals surface area (Å²) in [7, 11) is 0. The third-order valence-electron chi connectivity index (χ3n) is 5.59. The van der Waals surface area contributed by atoms with E-state index < -0.39 is 0 Å². The van der Waals surface area contributed by atoms with Gasteiger partial charge in [-0.15, -0.1) is 11.3 Å². The number of aromatic nitrogens is 2. The predicted molar refractivity (Wildman–Crippen MR) is 120 cm³/mol. The summed E-state index contributed by atoms with van der Waals surface area (Å²) in [6.45, 7) is 5.67. The number of para-hydroxylation sites is 2. The number of nitrogens with one attached hydrogen (secondary N) is 1. The number of carbonyl (C=O) groups is 1. The van der Waals surface area contributed by atoms with Gasteiger partial charge in [0.15, 0.2) is 11.5 Å². The number of amides is 2. The van der Waals surface area contributed by atoms with Crippen molar-refractivity contribution >= 4 is 44.4 Å². The molecular weight excluding hydrogens is 396 g/mol. The van der Waals surface area contributed by atoms with E-state index in [0.717, 1.165) is 50.7 Å². The molecule has 1 saturated heterocycles. The van der Waals surface area contributed by atoms with Crippen LogP contribution in [0.3, 0.4) is 0 Å². The molecule has 2 aromatic carbocycles. The fourth-order valence-electron chi connectivity index (χ4n) is 3.86. The van der Waals surface area contributed by atoms with Crippen LogP contribution in [-0.2, 0) is 0 Å². The van der Waals surface area contributed by atoms with Crippen molar-refractivity contribution in [2.24, 2.45) is 0 Å². The van der Waals surface area contributed by atoms with E-state index in [4.69, 9.17) is 4.42 Å². The van der Waals surface area contributed by atoms with Crippen LogP contribution < -0.4 is 5.32 Å². The molecule has 0 radical (unpaired) electrons. The molecule has 1 aliphatic rings. The molecule has 5 rings (SSSR count). The van der Waals surface area contributed by atoms with E-state index in [-0.39, 0.29) is 11.9 Å². The number of hydrogen-bond acceptors (Lipinski definition) is 5. The maximum Gasteiger partial charge on any atom is 0.321 e. The molecule has 0 bridgehead atoms. The third kappa shape index (κ3) is 3.65. The Morgan fingerprint density at radius 1 is 1.13 bits per heavy atom. The molecular formula is C23H24N4O2S. The van der Waals surface area contributed by atoms with Gasteiger partial charge in [0.2, 0.25) is 0 Å². The van der Waals surface area contributed by atoms with E-state index >= 15 is 0 Å². The summed E-state index contributed by atoms with van der Waals surface area (Å²) in [6, 6.07) is 13.7. The SMILES string of the molecule is CC(C)c1nc2ccc(NC(=O)N3CCC(c4nc5ccccc5o4)CC3)cc2s1.